The first-order valence-electron chi connectivity index (χ1n) is 10.6. The van der Waals surface area contributed by atoms with Crippen molar-refractivity contribution in [2.24, 2.45) is 5.10 Å². The van der Waals surface area contributed by atoms with Crippen molar-refractivity contribution < 1.29 is 27.5 Å². The van der Waals surface area contributed by atoms with E-state index in [4.69, 9.17) is 4.74 Å². The Balaban J connectivity index is 1.64. The van der Waals surface area contributed by atoms with E-state index >= 15 is 0 Å². The van der Waals surface area contributed by atoms with Crippen LogP contribution < -0.4 is 10.2 Å². The molecule has 10 heteroatoms. The lowest BCUT2D eigenvalue weighted by molar-refractivity contribution is -0.142. The third-order valence-electron chi connectivity index (χ3n) is 4.77. The van der Waals surface area contributed by atoms with Gasteiger partial charge < -0.3 is 9.47 Å². The third-order valence-corrected chi connectivity index (χ3v) is 6.58. The molecule has 0 radical (unpaired) electrons. The first-order chi connectivity index (χ1) is 16.9. The predicted octanol–water partition coefficient (Wildman–Crippen LogP) is 2.58. The molecule has 35 heavy (non-hydrogen) atoms. The van der Waals surface area contributed by atoms with Crippen molar-refractivity contribution in [3.05, 3.63) is 96.1 Å². The number of hydrogen-bond acceptors (Lipinski definition) is 7. The molecular weight excluding hydrogens is 470 g/mol. The van der Waals surface area contributed by atoms with Gasteiger partial charge in [0, 0.05) is 6.54 Å². The van der Waals surface area contributed by atoms with Crippen LogP contribution in [0.25, 0.3) is 0 Å². The highest BCUT2D eigenvalue weighted by Gasteiger charge is 2.26. The second kappa shape index (κ2) is 12.4. The zero-order chi connectivity index (χ0) is 25.1. The Bertz CT molecular complexity index is 1250. The standard InChI is InChI=1S/C25H25N3O6S/c1-33-25(30)19-34-22-14-12-20(13-15-22)16-26-27-24(29)18-28(17-21-8-4-2-5-9-21)35(31,32)23-10-6-3-7-11-23/h2-16H,17-19H2,1H3,(H,27,29)/b26-16-. The van der Waals surface area contributed by atoms with Gasteiger partial charge in [0.05, 0.1) is 24.8 Å². The van der Waals surface area contributed by atoms with Crippen LogP contribution in [0.15, 0.2) is 94.9 Å². The molecule has 0 aliphatic heterocycles. The topological polar surface area (TPSA) is 114 Å². The molecule has 0 aliphatic rings. The number of amides is 1. The number of ether oxygens (including phenoxy) is 2. The Morgan fingerprint density at radius 2 is 1.57 bits per heavy atom. The molecule has 0 heterocycles. The summed E-state index contributed by atoms with van der Waals surface area (Å²) >= 11 is 0. The number of nitrogens with one attached hydrogen (secondary N) is 1. The van der Waals surface area contributed by atoms with E-state index < -0.39 is 28.4 Å². The van der Waals surface area contributed by atoms with E-state index in [1.54, 1.807) is 66.7 Å². The molecule has 0 saturated heterocycles. The summed E-state index contributed by atoms with van der Waals surface area (Å²) in [6.45, 7) is -0.586. The summed E-state index contributed by atoms with van der Waals surface area (Å²) in [6, 6.07) is 23.6. The van der Waals surface area contributed by atoms with Crippen LogP contribution in [-0.2, 0) is 30.9 Å². The van der Waals surface area contributed by atoms with Gasteiger partial charge >= 0.3 is 5.97 Å². The largest absolute Gasteiger partial charge is 0.482 e. The molecule has 0 unspecified atom stereocenters. The Labute approximate surface area is 204 Å². The van der Waals surface area contributed by atoms with Crippen LogP contribution >= 0.6 is 0 Å². The summed E-state index contributed by atoms with van der Waals surface area (Å²) in [4.78, 5) is 23.8. The molecule has 9 nitrogen and oxygen atoms in total. The maximum absolute atomic E-state index is 13.2. The third kappa shape index (κ3) is 7.76. The Morgan fingerprint density at radius 3 is 2.20 bits per heavy atom. The number of rotatable bonds is 11. The Morgan fingerprint density at radius 1 is 0.943 bits per heavy atom. The number of carbonyl (C=O) groups excluding carboxylic acids is 2. The van der Waals surface area contributed by atoms with Gasteiger partial charge in [0.1, 0.15) is 5.75 Å². The van der Waals surface area contributed by atoms with Gasteiger partial charge in [-0.2, -0.15) is 9.41 Å². The lowest BCUT2D eigenvalue weighted by Crippen LogP contribution is -2.39. The molecule has 0 aromatic heterocycles. The van der Waals surface area contributed by atoms with E-state index in [0.29, 0.717) is 11.3 Å². The first kappa shape index (κ1) is 25.6. The van der Waals surface area contributed by atoms with Crippen LogP contribution in [0.2, 0.25) is 0 Å². The number of nitrogens with zero attached hydrogens (tertiary/aromatic N) is 2. The van der Waals surface area contributed by atoms with Gasteiger partial charge in [0.25, 0.3) is 5.91 Å². The monoisotopic (exact) mass is 495 g/mol. The van der Waals surface area contributed by atoms with Gasteiger partial charge in [-0.1, -0.05) is 48.5 Å². The minimum absolute atomic E-state index is 0.0300. The molecule has 3 rings (SSSR count). The molecule has 3 aromatic rings. The lowest BCUT2D eigenvalue weighted by Gasteiger charge is -2.21. The van der Waals surface area contributed by atoms with E-state index in [-0.39, 0.29) is 18.0 Å². The Hall–Kier alpha value is -4.02. The van der Waals surface area contributed by atoms with Crippen molar-refractivity contribution in [2.45, 2.75) is 11.4 Å². The molecule has 0 fully saturated rings. The average Bonchev–Trinajstić information content (AvgIpc) is 2.88. The molecule has 1 amide bonds. The zero-order valence-electron chi connectivity index (χ0n) is 19.0. The van der Waals surface area contributed by atoms with Gasteiger partial charge in [-0.05, 0) is 47.5 Å². The van der Waals surface area contributed by atoms with Gasteiger partial charge in [-0.3, -0.25) is 4.79 Å². The fourth-order valence-electron chi connectivity index (χ4n) is 2.98. The number of methoxy groups -OCH3 is 1. The van der Waals surface area contributed by atoms with Crippen LogP contribution in [0, 0.1) is 0 Å². The van der Waals surface area contributed by atoms with E-state index in [2.05, 4.69) is 15.3 Å². The summed E-state index contributed by atoms with van der Waals surface area (Å²) in [6.07, 6.45) is 1.41. The number of carbonyl (C=O) groups is 2. The Kier molecular flexibility index (Phi) is 9.10. The first-order valence-corrected chi connectivity index (χ1v) is 12.0. The molecular formula is C25H25N3O6S. The second-order valence-corrected chi connectivity index (χ2v) is 9.24. The van der Waals surface area contributed by atoms with E-state index in [0.717, 1.165) is 9.87 Å². The molecule has 182 valence electrons. The number of sulfonamides is 1. The van der Waals surface area contributed by atoms with Crippen LogP contribution in [0.5, 0.6) is 5.75 Å². The number of benzene rings is 3. The zero-order valence-corrected chi connectivity index (χ0v) is 19.9. The van der Waals surface area contributed by atoms with Crippen LogP contribution in [-0.4, -0.2) is 51.1 Å². The molecule has 3 aromatic carbocycles. The molecule has 0 saturated carbocycles. The van der Waals surface area contributed by atoms with Crippen molar-refractivity contribution in [3.63, 3.8) is 0 Å². The van der Waals surface area contributed by atoms with Gasteiger partial charge in [-0.25, -0.2) is 18.6 Å². The van der Waals surface area contributed by atoms with Gasteiger partial charge in [0.15, 0.2) is 6.61 Å². The minimum Gasteiger partial charge on any atom is -0.482 e. The van der Waals surface area contributed by atoms with Gasteiger partial charge in [-0.15, -0.1) is 0 Å². The summed E-state index contributed by atoms with van der Waals surface area (Å²) in [5.74, 6) is -0.608. The molecule has 0 spiro atoms. The summed E-state index contributed by atoms with van der Waals surface area (Å²) in [5, 5.41) is 3.91. The molecule has 0 atom stereocenters. The number of hydrazone groups is 1. The maximum Gasteiger partial charge on any atom is 0.343 e. The van der Waals surface area contributed by atoms with Crippen molar-refractivity contribution in [1.29, 1.82) is 0 Å². The number of esters is 1. The predicted molar refractivity (Wildman–Crippen MR) is 130 cm³/mol. The van der Waals surface area contributed by atoms with E-state index in [1.807, 2.05) is 6.07 Å². The fourth-order valence-corrected chi connectivity index (χ4v) is 4.39. The summed E-state index contributed by atoms with van der Waals surface area (Å²) < 4.78 is 37.2. The van der Waals surface area contributed by atoms with E-state index in [1.165, 1.54) is 25.5 Å². The smallest absolute Gasteiger partial charge is 0.343 e. The van der Waals surface area contributed by atoms with Crippen LogP contribution in [0.1, 0.15) is 11.1 Å². The molecule has 0 bridgehead atoms. The molecule has 1 N–H and O–H groups in total. The van der Waals surface area contributed by atoms with E-state index in [9.17, 15) is 18.0 Å². The average molecular weight is 496 g/mol. The van der Waals surface area contributed by atoms with Crippen molar-refractivity contribution >= 4 is 28.1 Å². The fraction of sp³-hybridized carbons (Fsp3) is 0.160. The van der Waals surface area contributed by atoms with Crippen molar-refractivity contribution in [1.82, 2.24) is 9.73 Å². The molecule has 0 aliphatic carbocycles. The quantitative estimate of drug-likeness (QED) is 0.248. The van der Waals surface area contributed by atoms with Crippen molar-refractivity contribution in [2.75, 3.05) is 20.3 Å². The highest BCUT2D eigenvalue weighted by atomic mass is 32.2. The lowest BCUT2D eigenvalue weighted by atomic mass is 10.2. The summed E-state index contributed by atoms with van der Waals surface area (Å²) in [5.41, 5.74) is 3.77. The highest BCUT2D eigenvalue weighted by molar-refractivity contribution is 7.89. The highest BCUT2D eigenvalue weighted by Crippen LogP contribution is 2.18. The van der Waals surface area contributed by atoms with Crippen LogP contribution in [0.3, 0.4) is 0 Å². The maximum atomic E-state index is 13.2. The van der Waals surface area contributed by atoms with Crippen LogP contribution in [0.4, 0.5) is 0 Å². The minimum atomic E-state index is -3.92. The SMILES string of the molecule is COC(=O)COc1ccc(/C=N\NC(=O)CN(Cc2ccccc2)S(=O)(=O)c2ccccc2)cc1. The summed E-state index contributed by atoms with van der Waals surface area (Å²) in [7, 11) is -2.64. The second-order valence-electron chi connectivity index (χ2n) is 7.30. The normalized spacial score (nSPS) is 11.4. The van der Waals surface area contributed by atoms with Crippen molar-refractivity contribution in [3.8, 4) is 5.75 Å². The number of hydrogen-bond donors (Lipinski definition) is 1. The van der Waals surface area contributed by atoms with Gasteiger partial charge in [0.2, 0.25) is 10.0 Å².